The summed E-state index contributed by atoms with van der Waals surface area (Å²) < 4.78 is 16.1. The van der Waals surface area contributed by atoms with Gasteiger partial charge in [0.25, 0.3) is 0 Å². The number of hydrogen-bond acceptors (Lipinski definition) is 6. The molecule has 0 bridgehead atoms. The van der Waals surface area contributed by atoms with Gasteiger partial charge < -0.3 is 24.8 Å². The number of hydrogen-bond donors (Lipinski definition) is 2. The Morgan fingerprint density at radius 2 is 2.00 bits per heavy atom. The van der Waals surface area contributed by atoms with Gasteiger partial charge in [0, 0.05) is 37.6 Å². The van der Waals surface area contributed by atoms with Crippen LogP contribution in [0.15, 0.2) is 42.6 Å². The molecule has 2 amide bonds. The van der Waals surface area contributed by atoms with Gasteiger partial charge in [-0.1, -0.05) is 6.07 Å². The van der Waals surface area contributed by atoms with Crippen molar-refractivity contribution in [3.63, 3.8) is 0 Å². The van der Waals surface area contributed by atoms with Crippen molar-refractivity contribution >= 4 is 11.7 Å². The predicted octanol–water partition coefficient (Wildman–Crippen LogP) is 2.01. The van der Waals surface area contributed by atoms with E-state index in [2.05, 4.69) is 20.5 Å². The van der Waals surface area contributed by atoms with Crippen LogP contribution in [-0.4, -0.2) is 55.6 Å². The van der Waals surface area contributed by atoms with Gasteiger partial charge in [0.15, 0.2) is 11.5 Å². The third kappa shape index (κ3) is 4.29. The molecule has 0 saturated carbocycles. The summed E-state index contributed by atoms with van der Waals surface area (Å²) in [4.78, 5) is 19.1. The first-order chi connectivity index (χ1) is 13.3. The van der Waals surface area contributed by atoms with Gasteiger partial charge in [-0.3, -0.25) is 9.88 Å². The second kappa shape index (κ2) is 8.24. The maximum absolute atomic E-state index is 12.4. The number of morpholine rings is 1. The van der Waals surface area contributed by atoms with Gasteiger partial charge in [-0.2, -0.15) is 0 Å². The molecule has 0 spiro atoms. The third-order valence-corrected chi connectivity index (χ3v) is 4.60. The molecule has 0 radical (unpaired) electrons. The Kier molecular flexibility index (Phi) is 5.36. The van der Waals surface area contributed by atoms with Gasteiger partial charge in [0.05, 0.1) is 24.9 Å². The monoisotopic (exact) mass is 370 g/mol. The number of aromatic nitrogens is 1. The van der Waals surface area contributed by atoms with Crippen molar-refractivity contribution in [2.75, 3.05) is 45.0 Å². The Balaban J connectivity index is 1.38. The first kappa shape index (κ1) is 17.6. The zero-order chi connectivity index (χ0) is 18.5. The summed E-state index contributed by atoms with van der Waals surface area (Å²) in [5, 5.41) is 5.78. The van der Waals surface area contributed by atoms with Crippen LogP contribution in [0.4, 0.5) is 10.5 Å². The highest BCUT2D eigenvalue weighted by Gasteiger charge is 2.24. The molecular weight excluding hydrogens is 348 g/mol. The fraction of sp³-hybridized carbons (Fsp3) is 0.368. The molecule has 1 aromatic heterocycles. The van der Waals surface area contributed by atoms with E-state index in [-0.39, 0.29) is 18.9 Å². The lowest BCUT2D eigenvalue weighted by atomic mass is 10.1. The van der Waals surface area contributed by atoms with E-state index in [1.807, 2.05) is 18.2 Å². The van der Waals surface area contributed by atoms with Crippen molar-refractivity contribution in [2.24, 2.45) is 0 Å². The number of carbonyl (C=O) groups excluding carboxylic acids is 1. The van der Waals surface area contributed by atoms with E-state index in [9.17, 15) is 4.79 Å². The minimum Gasteiger partial charge on any atom is -0.454 e. The molecule has 0 aliphatic carbocycles. The Morgan fingerprint density at radius 3 is 2.81 bits per heavy atom. The van der Waals surface area contributed by atoms with Gasteiger partial charge in [0.1, 0.15) is 0 Å². The highest BCUT2D eigenvalue weighted by molar-refractivity contribution is 5.89. The first-order valence-corrected chi connectivity index (χ1v) is 8.97. The number of nitrogens with one attached hydrogen (secondary N) is 2. The predicted molar refractivity (Wildman–Crippen MR) is 99.0 cm³/mol. The van der Waals surface area contributed by atoms with E-state index in [0.29, 0.717) is 36.9 Å². The Hall–Kier alpha value is -2.84. The number of ether oxygens (including phenoxy) is 3. The first-order valence-electron chi connectivity index (χ1n) is 8.97. The number of carbonyl (C=O) groups is 1. The van der Waals surface area contributed by atoms with E-state index in [1.54, 1.807) is 24.4 Å². The fourth-order valence-electron chi connectivity index (χ4n) is 3.22. The normalized spacial score (nSPS) is 17.3. The van der Waals surface area contributed by atoms with Gasteiger partial charge in [-0.15, -0.1) is 0 Å². The Morgan fingerprint density at radius 1 is 1.15 bits per heavy atom. The third-order valence-electron chi connectivity index (χ3n) is 4.60. The second-order valence-electron chi connectivity index (χ2n) is 6.32. The van der Waals surface area contributed by atoms with E-state index in [0.717, 1.165) is 18.8 Å². The quantitative estimate of drug-likeness (QED) is 0.838. The zero-order valence-electron chi connectivity index (χ0n) is 14.9. The number of anilines is 1. The van der Waals surface area contributed by atoms with Crippen LogP contribution in [0.25, 0.3) is 0 Å². The molecule has 1 aromatic carbocycles. The number of benzene rings is 1. The molecule has 2 N–H and O–H groups in total. The highest BCUT2D eigenvalue weighted by Crippen LogP contribution is 2.34. The van der Waals surface area contributed by atoms with Crippen molar-refractivity contribution in [1.29, 1.82) is 0 Å². The summed E-state index contributed by atoms with van der Waals surface area (Å²) in [5.74, 6) is 1.32. The van der Waals surface area contributed by atoms with Crippen molar-refractivity contribution in [3.05, 3.63) is 48.3 Å². The van der Waals surface area contributed by atoms with E-state index >= 15 is 0 Å². The number of amides is 2. The summed E-state index contributed by atoms with van der Waals surface area (Å²) >= 11 is 0. The lowest BCUT2D eigenvalue weighted by Gasteiger charge is -2.34. The molecule has 142 valence electrons. The standard InChI is InChI=1S/C19H22N4O4/c24-19(22-14-4-5-17-18(11-14)27-13-26-17)21-12-16(15-3-1-2-6-20-15)23-7-9-25-10-8-23/h1-6,11,16H,7-10,12-13H2,(H2,21,22,24)/t16-/m0/s1. The van der Waals surface area contributed by atoms with Crippen LogP contribution in [0.2, 0.25) is 0 Å². The average Bonchev–Trinajstić information content (AvgIpc) is 3.18. The van der Waals surface area contributed by atoms with E-state index < -0.39 is 0 Å². The molecule has 8 nitrogen and oxygen atoms in total. The maximum atomic E-state index is 12.4. The molecule has 2 aliphatic rings. The molecule has 4 rings (SSSR count). The lowest BCUT2D eigenvalue weighted by molar-refractivity contribution is 0.0159. The average molecular weight is 370 g/mol. The van der Waals surface area contributed by atoms with Crippen LogP contribution in [0.3, 0.4) is 0 Å². The van der Waals surface area contributed by atoms with Crippen molar-refractivity contribution in [2.45, 2.75) is 6.04 Å². The number of rotatable bonds is 5. The number of nitrogens with zero attached hydrogens (tertiary/aromatic N) is 2. The molecule has 27 heavy (non-hydrogen) atoms. The molecule has 1 saturated heterocycles. The van der Waals surface area contributed by atoms with Crippen LogP contribution in [0.5, 0.6) is 11.5 Å². The summed E-state index contributed by atoms with van der Waals surface area (Å²) in [5.41, 5.74) is 1.58. The minimum atomic E-state index is -0.275. The molecule has 1 fully saturated rings. The van der Waals surface area contributed by atoms with E-state index in [1.165, 1.54) is 0 Å². The zero-order valence-corrected chi connectivity index (χ0v) is 14.9. The van der Waals surface area contributed by atoms with Crippen LogP contribution >= 0.6 is 0 Å². The summed E-state index contributed by atoms with van der Waals surface area (Å²) in [7, 11) is 0. The largest absolute Gasteiger partial charge is 0.454 e. The van der Waals surface area contributed by atoms with E-state index in [4.69, 9.17) is 14.2 Å². The van der Waals surface area contributed by atoms with Gasteiger partial charge >= 0.3 is 6.03 Å². The van der Waals surface area contributed by atoms with Gasteiger partial charge in [-0.25, -0.2) is 4.79 Å². The maximum Gasteiger partial charge on any atom is 0.319 e. The molecule has 2 aliphatic heterocycles. The SMILES string of the molecule is O=C(NC[C@@H](c1ccccn1)N1CCOCC1)Nc1ccc2c(c1)OCO2. The van der Waals surface area contributed by atoms with Crippen LogP contribution in [0, 0.1) is 0 Å². The summed E-state index contributed by atoms with van der Waals surface area (Å²) in [6.45, 7) is 3.66. The van der Waals surface area contributed by atoms with Crippen molar-refractivity contribution in [3.8, 4) is 11.5 Å². The van der Waals surface area contributed by atoms with Crippen molar-refractivity contribution in [1.82, 2.24) is 15.2 Å². The lowest BCUT2D eigenvalue weighted by Crippen LogP contribution is -2.44. The smallest absolute Gasteiger partial charge is 0.319 e. The second-order valence-corrected chi connectivity index (χ2v) is 6.32. The number of fused-ring (bicyclic) bond motifs is 1. The number of pyridine rings is 1. The van der Waals surface area contributed by atoms with Crippen LogP contribution < -0.4 is 20.1 Å². The molecule has 3 heterocycles. The van der Waals surface area contributed by atoms with Crippen LogP contribution in [-0.2, 0) is 4.74 Å². The Bertz CT molecular complexity index is 781. The van der Waals surface area contributed by atoms with Crippen LogP contribution in [0.1, 0.15) is 11.7 Å². The van der Waals surface area contributed by atoms with Gasteiger partial charge in [0.2, 0.25) is 6.79 Å². The molecule has 8 heteroatoms. The topological polar surface area (TPSA) is 85.0 Å². The van der Waals surface area contributed by atoms with Gasteiger partial charge in [-0.05, 0) is 24.3 Å². The number of urea groups is 1. The Labute approximate surface area is 157 Å². The summed E-state index contributed by atoms with van der Waals surface area (Å²) in [6.07, 6.45) is 1.77. The highest BCUT2D eigenvalue weighted by atomic mass is 16.7. The molecule has 1 atom stereocenters. The van der Waals surface area contributed by atoms with Crippen molar-refractivity contribution < 1.29 is 19.0 Å². The fourth-order valence-corrected chi connectivity index (χ4v) is 3.22. The molecule has 0 unspecified atom stereocenters. The molecule has 2 aromatic rings. The molecular formula is C19H22N4O4. The summed E-state index contributed by atoms with van der Waals surface area (Å²) in [6, 6.07) is 10.9. The minimum absolute atomic E-state index is 0.00222.